The highest BCUT2D eigenvalue weighted by atomic mass is 16.6. The van der Waals surface area contributed by atoms with Crippen LogP contribution in [0.4, 0.5) is 4.79 Å². The van der Waals surface area contributed by atoms with Gasteiger partial charge in [-0.3, -0.25) is 9.59 Å². The summed E-state index contributed by atoms with van der Waals surface area (Å²) in [6, 6.07) is 19.0. The molecule has 43 heavy (non-hydrogen) atoms. The van der Waals surface area contributed by atoms with Gasteiger partial charge in [-0.1, -0.05) is 42.5 Å². The highest BCUT2D eigenvalue weighted by molar-refractivity contribution is 5.81. The van der Waals surface area contributed by atoms with Crippen LogP contribution in [0.15, 0.2) is 54.6 Å². The second-order valence-electron chi connectivity index (χ2n) is 13.2. The normalized spacial score (nSPS) is 22.1. The third kappa shape index (κ3) is 8.37. The zero-order chi connectivity index (χ0) is 30.4. The van der Waals surface area contributed by atoms with E-state index >= 15 is 0 Å². The molecule has 5 rings (SSSR count). The molecule has 0 bridgehead atoms. The Kier molecular flexibility index (Phi) is 10.1. The van der Waals surface area contributed by atoms with Crippen LogP contribution in [-0.2, 0) is 19.1 Å². The monoisotopic (exact) mass is 590 g/mol. The van der Waals surface area contributed by atoms with Crippen molar-refractivity contribution >= 4 is 17.8 Å². The van der Waals surface area contributed by atoms with Crippen LogP contribution in [0.25, 0.3) is 0 Å². The topological polar surface area (TPSA) is 85.4 Å². The van der Waals surface area contributed by atoms with Gasteiger partial charge in [-0.05, 0) is 75.6 Å². The number of carbonyl (C=O) groups is 3. The second-order valence-corrected chi connectivity index (χ2v) is 13.2. The van der Waals surface area contributed by atoms with Gasteiger partial charge in [-0.25, -0.2) is 4.79 Å². The summed E-state index contributed by atoms with van der Waals surface area (Å²) in [5.74, 6) is 1.41. The summed E-state index contributed by atoms with van der Waals surface area (Å²) in [6.45, 7) is 9.00. The predicted octanol–water partition coefficient (Wildman–Crippen LogP) is 5.83. The summed E-state index contributed by atoms with van der Waals surface area (Å²) < 4.78 is 17.2. The number of esters is 1. The lowest BCUT2D eigenvalue weighted by molar-refractivity contribution is -0.155. The number of Topliss-reactive ketones (excluding diaryl/α,β-unsaturated/α-hetero) is 1. The van der Waals surface area contributed by atoms with Crippen molar-refractivity contribution < 1.29 is 28.6 Å². The molecule has 8 heteroatoms. The van der Waals surface area contributed by atoms with E-state index in [-0.39, 0.29) is 42.3 Å². The molecule has 3 aliphatic heterocycles. The van der Waals surface area contributed by atoms with Crippen molar-refractivity contribution in [2.24, 2.45) is 11.8 Å². The first kappa shape index (κ1) is 31.0. The van der Waals surface area contributed by atoms with Crippen molar-refractivity contribution in [3.8, 4) is 5.75 Å². The van der Waals surface area contributed by atoms with E-state index in [1.165, 1.54) is 11.1 Å². The van der Waals surface area contributed by atoms with E-state index in [4.69, 9.17) is 14.2 Å². The number of benzene rings is 2. The summed E-state index contributed by atoms with van der Waals surface area (Å²) in [5, 5.41) is 0. The number of carbonyl (C=O) groups excluding carboxylic acids is 3. The van der Waals surface area contributed by atoms with Gasteiger partial charge in [-0.15, -0.1) is 0 Å². The van der Waals surface area contributed by atoms with Crippen LogP contribution >= 0.6 is 0 Å². The number of rotatable bonds is 8. The van der Waals surface area contributed by atoms with Crippen LogP contribution in [0, 0.1) is 11.8 Å². The summed E-state index contributed by atoms with van der Waals surface area (Å²) >= 11 is 0. The third-order valence-corrected chi connectivity index (χ3v) is 8.75. The number of likely N-dealkylation sites (tertiary alicyclic amines) is 2. The maximum absolute atomic E-state index is 13.5. The Morgan fingerprint density at radius 2 is 1.67 bits per heavy atom. The molecule has 2 amide bonds. The second kappa shape index (κ2) is 13.9. The van der Waals surface area contributed by atoms with Gasteiger partial charge in [0.2, 0.25) is 0 Å². The highest BCUT2D eigenvalue weighted by Gasteiger charge is 2.39. The van der Waals surface area contributed by atoms with Gasteiger partial charge < -0.3 is 24.0 Å². The molecule has 0 aromatic heterocycles. The minimum Gasteiger partial charge on any atom is -0.494 e. The van der Waals surface area contributed by atoms with E-state index in [2.05, 4.69) is 36.4 Å². The zero-order valence-corrected chi connectivity index (χ0v) is 25.8. The lowest BCUT2D eigenvalue weighted by Gasteiger charge is -2.43. The predicted molar refractivity (Wildman–Crippen MR) is 164 cm³/mol. The lowest BCUT2D eigenvalue weighted by Crippen LogP contribution is -2.54. The number of hydrogen-bond donors (Lipinski definition) is 0. The first-order valence-corrected chi connectivity index (χ1v) is 15.8. The van der Waals surface area contributed by atoms with Crippen LogP contribution in [0.2, 0.25) is 0 Å². The standard InChI is InChI=1S/C35H46N2O6/c1-35(2,3)43-32(39)13-8-20-41-30-12-7-11-27(22-30)33(25-9-5-4-6-10-25)26-14-17-36(18-15-26)34(40)37-19-16-31-28(23-37)21-29(38)24-42-31/h4-7,9-12,22,26,28,31,33H,8,13-21,23-24H2,1-3H3/t28-,31+,33?/m1/s1. The van der Waals surface area contributed by atoms with E-state index in [1.807, 2.05) is 48.8 Å². The number of piperidine rings is 2. The molecule has 3 atom stereocenters. The van der Waals surface area contributed by atoms with Crippen molar-refractivity contribution in [1.29, 1.82) is 0 Å². The largest absolute Gasteiger partial charge is 0.494 e. The maximum atomic E-state index is 13.5. The molecule has 0 spiro atoms. The average molecular weight is 591 g/mol. The summed E-state index contributed by atoms with van der Waals surface area (Å²) in [7, 11) is 0. The van der Waals surface area contributed by atoms with Gasteiger partial charge in [0.05, 0.1) is 12.7 Å². The van der Waals surface area contributed by atoms with Crippen molar-refractivity contribution in [1.82, 2.24) is 9.80 Å². The van der Waals surface area contributed by atoms with Crippen LogP contribution < -0.4 is 4.74 Å². The number of urea groups is 1. The molecule has 232 valence electrons. The SMILES string of the molecule is CC(C)(C)OC(=O)CCCOc1cccc(C(c2ccccc2)C2CCN(C(=O)N3CC[C@@H]4OCC(=O)C[C@@H]4C3)CC2)c1. The minimum absolute atomic E-state index is 0.0907. The van der Waals surface area contributed by atoms with Gasteiger partial charge >= 0.3 is 12.0 Å². The number of amides is 2. The fourth-order valence-electron chi connectivity index (χ4n) is 6.77. The molecule has 3 saturated heterocycles. The zero-order valence-electron chi connectivity index (χ0n) is 25.8. The van der Waals surface area contributed by atoms with Crippen LogP contribution in [-0.4, -0.2) is 78.7 Å². The Hall–Kier alpha value is -3.39. The number of fused-ring (bicyclic) bond motifs is 1. The Morgan fingerprint density at radius 3 is 2.42 bits per heavy atom. The minimum atomic E-state index is -0.481. The fourth-order valence-corrected chi connectivity index (χ4v) is 6.77. The summed E-state index contributed by atoms with van der Waals surface area (Å²) in [4.78, 5) is 41.4. The molecule has 0 N–H and O–H groups in total. The molecular weight excluding hydrogens is 544 g/mol. The van der Waals surface area contributed by atoms with Crippen molar-refractivity contribution in [3.63, 3.8) is 0 Å². The smallest absolute Gasteiger partial charge is 0.320 e. The molecule has 0 radical (unpaired) electrons. The van der Waals surface area contributed by atoms with Gasteiger partial charge in [0, 0.05) is 50.9 Å². The first-order chi connectivity index (χ1) is 20.7. The van der Waals surface area contributed by atoms with Gasteiger partial charge in [-0.2, -0.15) is 0 Å². The lowest BCUT2D eigenvalue weighted by atomic mass is 9.76. The van der Waals surface area contributed by atoms with Gasteiger partial charge in [0.1, 0.15) is 18.0 Å². The maximum Gasteiger partial charge on any atom is 0.320 e. The molecule has 3 heterocycles. The van der Waals surface area contributed by atoms with E-state index in [1.54, 1.807) is 0 Å². The molecule has 2 aromatic rings. The number of ketones is 1. The third-order valence-electron chi connectivity index (χ3n) is 8.75. The quantitative estimate of drug-likeness (QED) is 0.284. The Balaban J connectivity index is 1.19. The highest BCUT2D eigenvalue weighted by Crippen LogP contribution is 2.39. The van der Waals surface area contributed by atoms with Crippen LogP contribution in [0.1, 0.15) is 76.3 Å². The van der Waals surface area contributed by atoms with Crippen LogP contribution in [0.5, 0.6) is 5.75 Å². The molecule has 1 unspecified atom stereocenters. The molecule has 0 saturated carbocycles. The van der Waals surface area contributed by atoms with E-state index in [9.17, 15) is 14.4 Å². The summed E-state index contributed by atoms with van der Waals surface area (Å²) in [5.41, 5.74) is 1.98. The average Bonchev–Trinajstić information content (AvgIpc) is 2.99. The number of hydrogen-bond acceptors (Lipinski definition) is 6. The molecule has 0 aliphatic carbocycles. The molecule has 3 aliphatic rings. The van der Waals surface area contributed by atoms with Crippen LogP contribution in [0.3, 0.4) is 0 Å². The Morgan fingerprint density at radius 1 is 0.953 bits per heavy atom. The van der Waals surface area contributed by atoms with Crippen molar-refractivity contribution in [2.45, 2.75) is 76.9 Å². The van der Waals surface area contributed by atoms with E-state index in [0.29, 0.717) is 58.0 Å². The van der Waals surface area contributed by atoms with Crippen molar-refractivity contribution in [2.75, 3.05) is 39.4 Å². The summed E-state index contributed by atoms with van der Waals surface area (Å²) in [6.07, 6.45) is 4.16. The number of nitrogens with zero attached hydrogens (tertiary/aromatic N) is 2. The molecule has 3 fully saturated rings. The molecular formula is C35H46N2O6. The van der Waals surface area contributed by atoms with Gasteiger partial charge in [0.15, 0.2) is 5.78 Å². The molecule has 2 aromatic carbocycles. The molecule has 8 nitrogen and oxygen atoms in total. The van der Waals surface area contributed by atoms with Crippen molar-refractivity contribution in [3.05, 3.63) is 65.7 Å². The van der Waals surface area contributed by atoms with E-state index < -0.39 is 5.60 Å². The van der Waals surface area contributed by atoms with E-state index in [0.717, 1.165) is 25.0 Å². The van der Waals surface area contributed by atoms with Gasteiger partial charge in [0.25, 0.3) is 0 Å². The first-order valence-electron chi connectivity index (χ1n) is 15.8. The fraction of sp³-hybridized carbons (Fsp3) is 0.571. The number of ether oxygens (including phenoxy) is 3. The Labute approximate surface area is 255 Å². The Bertz CT molecular complexity index is 1250.